The van der Waals surface area contributed by atoms with Crippen LogP contribution in [-0.4, -0.2) is 19.4 Å². The minimum absolute atomic E-state index is 0.111. The highest BCUT2D eigenvalue weighted by atomic mass is 16.7. The van der Waals surface area contributed by atoms with Crippen molar-refractivity contribution in [3.05, 3.63) is 70.8 Å². The molecule has 0 aromatic heterocycles. The van der Waals surface area contributed by atoms with Crippen LogP contribution in [-0.2, 0) is 33.1 Å². The second kappa shape index (κ2) is 9.27. The highest BCUT2D eigenvalue weighted by molar-refractivity contribution is 5.59. The molecular weight excluding hydrogens is 348 g/mol. The molecule has 0 unspecified atom stereocenters. The van der Waals surface area contributed by atoms with Gasteiger partial charge in [0.25, 0.3) is 0 Å². The summed E-state index contributed by atoms with van der Waals surface area (Å²) >= 11 is 0. The Morgan fingerprint density at radius 2 is 1.11 bits per heavy atom. The van der Waals surface area contributed by atoms with Crippen LogP contribution in [0.4, 0.5) is 4.79 Å². The number of rotatable bonds is 6. The van der Waals surface area contributed by atoms with Gasteiger partial charge in [-0.15, -0.1) is 0 Å². The Morgan fingerprint density at radius 3 is 1.46 bits per heavy atom. The molecule has 0 amide bonds. The first-order chi connectivity index (χ1) is 13.1. The summed E-state index contributed by atoms with van der Waals surface area (Å²) in [6.45, 7) is 13.8. The third-order valence-electron chi connectivity index (χ3n) is 4.81. The lowest BCUT2D eigenvalue weighted by Crippen LogP contribution is -2.14. The Labute approximate surface area is 170 Å². The van der Waals surface area contributed by atoms with E-state index in [1.54, 1.807) is 0 Å². The van der Waals surface area contributed by atoms with E-state index in [9.17, 15) is 4.79 Å². The zero-order valence-electron chi connectivity index (χ0n) is 18.2. The van der Waals surface area contributed by atoms with Crippen molar-refractivity contribution >= 4 is 6.16 Å². The maximum atomic E-state index is 11.8. The van der Waals surface area contributed by atoms with E-state index < -0.39 is 6.16 Å². The Morgan fingerprint density at radius 1 is 0.714 bits per heavy atom. The molecular formula is C25H34O3. The third-order valence-corrected chi connectivity index (χ3v) is 4.81. The maximum Gasteiger partial charge on any atom is 0.508 e. The minimum atomic E-state index is -0.598. The molecule has 0 aliphatic rings. The van der Waals surface area contributed by atoms with Gasteiger partial charge in [0.1, 0.15) is 0 Å². The molecule has 0 bridgehead atoms. The van der Waals surface area contributed by atoms with Gasteiger partial charge in [0, 0.05) is 12.8 Å². The number of carbonyl (C=O) groups is 1. The predicted octanol–water partition coefficient (Wildman–Crippen LogP) is 6.22. The maximum absolute atomic E-state index is 11.8. The Bertz CT molecular complexity index is 713. The van der Waals surface area contributed by atoms with Gasteiger partial charge in [-0.1, -0.05) is 90.1 Å². The van der Waals surface area contributed by atoms with Gasteiger partial charge in [0.05, 0.1) is 13.2 Å². The van der Waals surface area contributed by atoms with E-state index in [0.29, 0.717) is 26.1 Å². The van der Waals surface area contributed by atoms with Crippen LogP contribution in [0, 0.1) is 0 Å². The van der Waals surface area contributed by atoms with Crippen LogP contribution in [0.5, 0.6) is 0 Å². The predicted molar refractivity (Wildman–Crippen MR) is 115 cm³/mol. The monoisotopic (exact) mass is 382 g/mol. The Balaban J connectivity index is 1.74. The van der Waals surface area contributed by atoms with Gasteiger partial charge in [0.2, 0.25) is 0 Å². The number of benzene rings is 2. The van der Waals surface area contributed by atoms with Crippen molar-refractivity contribution in [2.45, 2.75) is 65.2 Å². The van der Waals surface area contributed by atoms with E-state index in [-0.39, 0.29) is 10.8 Å². The fourth-order valence-corrected chi connectivity index (χ4v) is 2.93. The molecule has 0 aliphatic carbocycles. The van der Waals surface area contributed by atoms with Gasteiger partial charge >= 0.3 is 6.16 Å². The Hall–Kier alpha value is -2.29. The highest BCUT2D eigenvalue weighted by Crippen LogP contribution is 2.24. The van der Waals surface area contributed by atoms with Gasteiger partial charge in [-0.05, 0) is 33.1 Å². The molecule has 0 atom stereocenters. The molecule has 0 spiro atoms. The summed E-state index contributed by atoms with van der Waals surface area (Å²) in [6.07, 6.45) is 0.776. The van der Waals surface area contributed by atoms with Gasteiger partial charge < -0.3 is 9.47 Å². The third kappa shape index (κ3) is 7.03. The summed E-state index contributed by atoms with van der Waals surface area (Å²) < 4.78 is 10.5. The van der Waals surface area contributed by atoms with Crippen molar-refractivity contribution in [3.63, 3.8) is 0 Å². The first-order valence-corrected chi connectivity index (χ1v) is 10.0. The summed E-state index contributed by atoms with van der Waals surface area (Å²) in [5.74, 6) is 0. The van der Waals surface area contributed by atoms with Crippen molar-refractivity contribution in [3.8, 4) is 0 Å². The molecule has 0 N–H and O–H groups in total. The van der Waals surface area contributed by atoms with Gasteiger partial charge in [0.15, 0.2) is 0 Å². The lowest BCUT2D eigenvalue weighted by Gasteiger charge is -2.20. The first kappa shape index (κ1) is 22.0. The van der Waals surface area contributed by atoms with E-state index in [1.807, 2.05) is 0 Å². The average Bonchev–Trinajstić information content (AvgIpc) is 2.61. The largest absolute Gasteiger partial charge is 0.508 e. The van der Waals surface area contributed by atoms with E-state index in [0.717, 1.165) is 0 Å². The van der Waals surface area contributed by atoms with Crippen molar-refractivity contribution in [1.82, 2.24) is 0 Å². The van der Waals surface area contributed by atoms with Crippen LogP contribution in [0.15, 0.2) is 48.5 Å². The fraction of sp³-hybridized carbons (Fsp3) is 0.480. The first-order valence-electron chi connectivity index (χ1n) is 10.0. The molecule has 2 aromatic carbocycles. The number of hydrogen-bond donors (Lipinski definition) is 0. The van der Waals surface area contributed by atoms with E-state index >= 15 is 0 Å². The van der Waals surface area contributed by atoms with Crippen LogP contribution >= 0.6 is 0 Å². The van der Waals surface area contributed by atoms with E-state index in [2.05, 4.69) is 90.1 Å². The molecule has 3 nitrogen and oxygen atoms in total. The molecule has 0 saturated carbocycles. The molecule has 0 heterocycles. The van der Waals surface area contributed by atoms with Gasteiger partial charge in [-0.3, -0.25) is 0 Å². The second-order valence-corrected chi connectivity index (χ2v) is 9.35. The quantitative estimate of drug-likeness (QED) is 0.556. The molecule has 152 valence electrons. The van der Waals surface area contributed by atoms with Gasteiger partial charge in [-0.2, -0.15) is 0 Å². The summed E-state index contributed by atoms with van der Waals surface area (Å²) in [6, 6.07) is 16.9. The van der Waals surface area contributed by atoms with Gasteiger partial charge in [-0.25, -0.2) is 4.79 Å². The molecule has 2 rings (SSSR count). The molecule has 0 fully saturated rings. The molecule has 28 heavy (non-hydrogen) atoms. The summed E-state index contributed by atoms with van der Waals surface area (Å²) in [4.78, 5) is 11.8. The molecule has 2 aromatic rings. The van der Waals surface area contributed by atoms with Crippen molar-refractivity contribution in [2.24, 2.45) is 0 Å². The van der Waals surface area contributed by atoms with Crippen LogP contribution < -0.4 is 0 Å². The highest BCUT2D eigenvalue weighted by Gasteiger charge is 2.15. The van der Waals surface area contributed by atoms with Crippen molar-refractivity contribution < 1.29 is 14.3 Å². The summed E-state index contributed by atoms with van der Waals surface area (Å²) in [5.41, 5.74) is 5.12. The zero-order chi connectivity index (χ0) is 20.8. The fourth-order valence-electron chi connectivity index (χ4n) is 2.93. The number of hydrogen-bond acceptors (Lipinski definition) is 3. The molecule has 0 aliphatic heterocycles. The van der Waals surface area contributed by atoms with E-state index in [1.165, 1.54) is 22.3 Å². The second-order valence-electron chi connectivity index (χ2n) is 9.35. The normalized spacial score (nSPS) is 11.9. The Kier molecular flexibility index (Phi) is 7.29. The molecule has 3 heteroatoms. The zero-order valence-corrected chi connectivity index (χ0v) is 18.2. The van der Waals surface area contributed by atoms with Crippen molar-refractivity contribution in [2.75, 3.05) is 13.2 Å². The summed E-state index contributed by atoms with van der Waals surface area (Å²) in [7, 11) is 0. The van der Waals surface area contributed by atoms with Crippen LogP contribution in [0.1, 0.15) is 63.8 Å². The average molecular weight is 383 g/mol. The molecule has 0 radical (unpaired) electrons. The van der Waals surface area contributed by atoms with Crippen LogP contribution in [0.2, 0.25) is 0 Å². The SMILES string of the molecule is CC(C)(C)c1cccc(CCOC(=O)OCCc2cccc(C(C)(C)C)c2)c1. The minimum Gasteiger partial charge on any atom is -0.434 e. The lowest BCUT2D eigenvalue weighted by atomic mass is 9.86. The van der Waals surface area contributed by atoms with Crippen LogP contribution in [0.25, 0.3) is 0 Å². The summed E-state index contributed by atoms with van der Waals surface area (Å²) in [5, 5.41) is 0. The number of carbonyl (C=O) groups excluding carboxylic acids is 1. The number of ether oxygens (including phenoxy) is 2. The smallest absolute Gasteiger partial charge is 0.434 e. The van der Waals surface area contributed by atoms with E-state index in [4.69, 9.17) is 9.47 Å². The topological polar surface area (TPSA) is 35.5 Å². The standard InChI is InChI=1S/C25H34O3/c1-24(2,3)21-11-7-9-19(17-21)13-15-27-23(26)28-16-14-20-10-8-12-22(18-20)25(4,5)6/h7-12,17-18H,13-16H2,1-6H3. The lowest BCUT2D eigenvalue weighted by molar-refractivity contribution is 0.0569. The van der Waals surface area contributed by atoms with Crippen LogP contribution in [0.3, 0.4) is 0 Å². The van der Waals surface area contributed by atoms with Crippen molar-refractivity contribution in [1.29, 1.82) is 0 Å². The molecule has 0 saturated heterocycles.